The van der Waals surface area contributed by atoms with Gasteiger partial charge in [0.25, 0.3) is 0 Å². The van der Waals surface area contributed by atoms with Crippen LogP contribution in [-0.4, -0.2) is 28.4 Å². The second-order valence-electron chi connectivity index (χ2n) is 3.41. The summed E-state index contributed by atoms with van der Waals surface area (Å²) in [5.74, 6) is -1.94. The Balaban J connectivity index is 2.56. The Bertz CT molecular complexity index is 612. The van der Waals surface area contributed by atoms with Crippen molar-refractivity contribution < 1.29 is 19.0 Å². The Hall–Kier alpha value is -2.08. The number of carbonyl (C=O) groups is 1. The lowest BCUT2D eigenvalue weighted by Gasteiger charge is -2.08. The molecule has 2 N–H and O–H groups in total. The van der Waals surface area contributed by atoms with Gasteiger partial charge in [-0.3, -0.25) is 5.10 Å². The monoisotopic (exact) mass is 270 g/mol. The van der Waals surface area contributed by atoms with Gasteiger partial charge in [0.05, 0.1) is 17.8 Å². The number of aromatic nitrogens is 2. The zero-order chi connectivity index (χ0) is 13.3. The molecule has 2 rings (SSSR count). The summed E-state index contributed by atoms with van der Waals surface area (Å²) in [5, 5.41) is 14.8. The molecule has 7 heteroatoms. The summed E-state index contributed by atoms with van der Waals surface area (Å²) < 4.78 is 18.6. The van der Waals surface area contributed by atoms with Crippen LogP contribution in [0.5, 0.6) is 5.75 Å². The molecule has 0 saturated carbocycles. The zero-order valence-electron chi connectivity index (χ0n) is 9.20. The SMILES string of the molecule is COc1c(-c2cc(C(=O)O)[nH]n2)ccc(Cl)c1F. The van der Waals surface area contributed by atoms with Crippen molar-refractivity contribution in [1.82, 2.24) is 10.2 Å². The number of rotatable bonds is 3. The molecule has 2 aromatic rings. The molecule has 1 heterocycles. The van der Waals surface area contributed by atoms with E-state index >= 15 is 0 Å². The highest BCUT2D eigenvalue weighted by molar-refractivity contribution is 6.31. The fraction of sp³-hybridized carbons (Fsp3) is 0.0909. The molecule has 18 heavy (non-hydrogen) atoms. The average Bonchev–Trinajstić information content (AvgIpc) is 2.82. The van der Waals surface area contributed by atoms with Crippen LogP contribution >= 0.6 is 11.6 Å². The molecule has 0 fully saturated rings. The van der Waals surface area contributed by atoms with Crippen molar-refractivity contribution in [2.24, 2.45) is 0 Å². The number of nitrogens with one attached hydrogen (secondary N) is 1. The van der Waals surface area contributed by atoms with Crippen LogP contribution in [0.4, 0.5) is 4.39 Å². The first-order chi connectivity index (χ1) is 8.54. The molecule has 5 nitrogen and oxygen atoms in total. The number of carboxylic acid groups (broad SMARTS) is 1. The number of halogens is 2. The van der Waals surface area contributed by atoms with Crippen LogP contribution in [0.25, 0.3) is 11.3 Å². The van der Waals surface area contributed by atoms with Gasteiger partial charge in [-0.05, 0) is 18.2 Å². The second-order valence-corrected chi connectivity index (χ2v) is 3.82. The minimum atomic E-state index is -1.15. The first-order valence-corrected chi connectivity index (χ1v) is 5.23. The number of H-pyrrole nitrogens is 1. The van der Waals surface area contributed by atoms with E-state index in [2.05, 4.69) is 10.2 Å². The van der Waals surface area contributed by atoms with E-state index in [-0.39, 0.29) is 22.2 Å². The highest BCUT2D eigenvalue weighted by Gasteiger charge is 2.17. The normalized spacial score (nSPS) is 10.4. The summed E-state index contributed by atoms with van der Waals surface area (Å²) in [6.07, 6.45) is 0. The second kappa shape index (κ2) is 4.66. The van der Waals surface area contributed by atoms with Crippen molar-refractivity contribution in [3.63, 3.8) is 0 Å². The van der Waals surface area contributed by atoms with E-state index in [0.717, 1.165) is 0 Å². The fourth-order valence-electron chi connectivity index (χ4n) is 1.50. The molecule has 0 bridgehead atoms. The van der Waals surface area contributed by atoms with Crippen LogP contribution in [0.2, 0.25) is 5.02 Å². The van der Waals surface area contributed by atoms with E-state index in [4.69, 9.17) is 21.4 Å². The fourth-order valence-corrected chi connectivity index (χ4v) is 1.65. The van der Waals surface area contributed by atoms with Crippen molar-refractivity contribution in [2.75, 3.05) is 7.11 Å². The van der Waals surface area contributed by atoms with Crippen LogP contribution in [0, 0.1) is 5.82 Å². The number of methoxy groups -OCH3 is 1. The molecule has 0 radical (unpaired) electrons. The van der Waals surface area contributed by atoms with Crippen molar-refractivity contribution in [1.29, 1.82) is 0 Å². The zero-order valence-corrected chi connectivity index (χ0v) is 9.95. The molecule has 0 aliphatic rings. The van der Waals surface area contributed by atoms with E-state index in [9.17, 15) is 9.18 Å². The Kier molecular flexibility index (Phi) is 3.20. The first-order valence-electron chi connectivity index (χ1n) is 4.85. The highest BCUT2D eigenvalue weighted by atomic mass is 35.5. The summed E-state index contributed by atoms with van der Waals surface area (Å²) in [4.78, 5) is 10.7. The van der Waals surface area contributed by atoms with Gasteiger partial charge in [0, 0.05) is 5.56 Å². The number of aromatic amines is 1. The van der Waals surface area contributed by atoms with Gasteiger partial charge in [-0.1, -0.05) is 11.6 Å². The summed E-state index contributed by atoms with van der Waals surface area (Å²) in [7, 11) is 1.29. The van der Waals surface area contributed by atoms with Crippen molar-refractivity contribution >= 4 is 17.6 Å². The van der Waals surface area contributed by atoms with Gasteiger partial charge < -0.3 is 9.84 Å². The van der Waals surface area contributed by atoms with Crippen LogP contribution in [0.3, 0.4) is 0 Å². The van der Waals surface area contributed by atoms with Crippen LogP contribution in [0.1, 0.15) is 10.5 Å². The summed E-state index contributed by atoms with van der Waals surface area (Å²) in [6, 6.07) is 4.14. The number of benzene rings is 1. The molecule has 1 aromatic carbocycles. The van der Waals surface area contributed by atoms with Crippen molar-refractivity contribution in [3.05, 3.63) is 34.7 Å². The Morgan fingerprint density at radius 1 is 1.56 bits per heavy atom. The van der Waals surface area contributed by atoms with Crippen molar-refractivity contribution in [2.45, 2.75) is 0 Å². The molecular formula is C11H8ClFN2O3. The van der Waals surface area contributed by atoms with Gasteiger partial charge in [-0.15, -0.1) is 0 Å². The molecule has 1 aromatic heterocycles. The third kappa shape index (κ3) is 2.02. The molecular weight excluding hydrogens is 263 g/mol. The van der Waals surface area contributed by atoms with Gasteiger partial charge in [0.2, 0.25) is 0 Å². The van der Waals surface area contributed by atoms with E-state index in [0.29, 0.717) is 5.56 Å². The quantitative estimate of drug-likeness (QED) is 0.899. The van der Waals surface area contributed by atoms with Gasteiger partial charge in [-0.25, -0.2) is 9.18 Å². The summed E-state index contributed by atoms with van der Waals surface area (Å²) in [6.45, 7) is 0. The summed E-state index contributed by atoms with van der Waals surface area (Å²) in [5.41, 5.74) is 0.491. The smallest absolute Gasteiger partial charge is 0.353 e. The Morgan fingerprint density at radius 3 is 2.83 bits per heavy atom. The maximum Gasteiger partial charge on any atom is 0.353 e. The van der Waals surface area contributed by atoms with E-state index in [1.807, 2.05) is 0 Å². The van der Waals surface area contributed by atoms with Crippen LogP contribution < -0.4 is 4.74 Å². The molecule has 0 spiro atoms. The predicted molar refractivity (Wildman–Crippen MR) is 62.5 cm³/mol. The maximum atomic E-state index is 13.7. The molecule has 0 atom stereocenters. The lowest BCUT2D eigenvalue weighted by molar-refractivity contribution is 0.0690. The minimum absolute atomic E-state index is 0.0778. The number of nitrogens with zero attached hydrogens (tertiary/aromatic N) is 1. The Labute approximate surface area is 106 Å². The number of carboxylic acids is 1. The molecule has 0 unspecified atom stereocenters. The van der Waals surface area contributed by atoms with E-state index < -0.39 is 11.8 Å². The Morgan fingerprint density at radius 2 is 2.28 bits per heavy atom. The van der Waals surface area contributed by atoms with Gasteiger partial charge in [-0.2, -0.15) is 5.10 Å². The third-order valence-corrected chi connectivity index (χ3v) is 2.63. The van der Waals surface area contributed by atoms with E-state index in [1.54, 1.807) is 0 Å². The molecule has 94 valence electrons. The number of hydrogen-bond acceptors (Lipinski definition) is 3. The van der Waals surface area contributed by atoms with E-state index in [1.165, 1.54) is 25.3 Å². The highest BCUT2D eigenvalue weighted by Crippen LogP contribution is 2.35. The lowest BCUT2D eigenvalue weighted by atomic mass is 10.1. The number of ether oxygens (including phenoxy) is 1. The molecule has 0 aliphatic heterocycles. The topological polar surface area (TPSA) is 75.2 Å². The number of aromatic carboxylic acids is 1. The third-order valence-electron chi connectivity index (χ3n) is 2.34. The minimum Gasteiger partial charge on any atom is -0.493 e. The van der Waals surface area contributed by atoms with Crippen LogP contribution in [0.15, 0.2) is 18.2 Å². The standard InChI is InChI=1S/C11H8ClFN2O3/c1-18-10-5(2-3-6(12)9(10)13)7-4-8(11(16)17)15-14-7/h2-4H,1H3,(H,14,15)(H,16,17). The maximum absolute atomic E-state index is 13.7. The number of hydrogen-bond donors (Lipinski definition) is 2. The van der Waals surface area contributed by atoms with Gasteiger partial charge in [0.15, 0.2) is 11.6 Å². The largest absolute Gasteiger partial charge is 0.493 e. The molecule has 0 saturated heterocycles. The molecule has 0 aliphatic carbocycles. The average molecular weight is 271 g/mol. The first kappa shape index (κ1) is 12.4. The molecule has 0 amide bonds. The lowest BCUT2D eigenvalue weighted by Crippen LogP contribution is -1.95. The predicted octanol–water partition coefficient (Wildman–Crippen LogP) is 2.58. The van der Waals surface area contributed by atoms with Gasteiger partial charge >= 0.3 is 5.97 Å². The summed E-state index contributed by atoms with van der Waals surface area (Å²) >= 11 is 5.63. The van der Waals surface area contributed by atoms with Gasteiger partial charge in [0.1, 0.15) is 5.69 Å². The van der Waals surface area contributed by atoms with Crippen LogP contribution in [-0.2, 0) is 0 Å². The van der Waals surface area contributed by atoms with Crippen molar-refractivity contribution in [3.8, 4) is 17.0 Å².